The van der Waals surface area contributed by atoms with E-state index < -0.39 is 0 Å². The molecular weight excluding hydrogens is 537 g/mol. The first-order valence-electron chi connectivity index (χ1n) is 8.95. The third-order valence-electron chi connectivity index (χ3n) is 4.39. The molecular formula is C19H25BrIN5O2. The van der Waals surface area contributed by atoms with E-state index in [9.17, 15) is 4.79 Å². The second-order valence-electron chi connectivity index (χ2n) is 6.26. The van der Waals surface area contributed by atoms with Gasteiger partial charge < -0.3 is 25.3 Å². The maximum absolute atomic E-state index is 11.8. The van der Waals surface area contributed by atoms with Crippen LogP contribution in [0.15, 0.2) is 56.5 Å². The maximum atomic E-state index is 11.8. The molecule has 1 aliphatic heterocycles. The number of halogens is 2. The fraction of sp³-hybridized carbons (Fsp3) is 0.368. The monoisotopic (exact) mass is 561 g/mol. The highest BCUT2D eigenvalue weighted by Crippen LogP contribution is 2.28. The van der Waals surface area contributed by atoms with Crippen molar-refractivity contribution in [2.45, 2.75) is 12.5 Å². The van der Waals surface area contributed by atoms with Gasteiger partial charge in [0, 0.05) is 43.7 Å². The van der Waals surface area contributed by atoms with E-state index in [1.807, 2.05) is 6.07 Å². The Morgan fingerprint density at radius 3 is 2.75 bits per heavy atom. The van der Waals surface area contributed by atoms with Gasteiger partial charge >= 0.3 is 0 Å². The molecule has 3 rings (SSSR count). The Labute approximate surface area is 190 Å². The maximum Gasteiger partial charge on any atom is 0.287 e. The number of aliphatic imine (C=N–C) groups is 1. The Bertz CT molecular complexity index is 784. The van der Waals surface area contributed by atoms with Crippen LogP contribution >= 0.6 is 39.9 Å². The average Bonchev–Trinajstić information content (AvgIpc) is 3.36. The lowest BCUT2D eigenvalue weighted by Crippen LogP contribution is -2.46. The van der Waals surface area contributed by atoms with Crippen LogP contribution in [0, 0.1) is 0 Å². The van der Waals surface area contributed by atoms with E-state index in [0.29, 0.717) is 24.9 Å². The fourth-order valence-corrected chi connectivity index (χ4v) is 3.58. The molecule has 1 unspecified atom stereocenters. The predicted octanol–water partition coefficient (Wildman–Crippen LogP) is 2.83. The van der Waals surface area contributed by atoms with Crippen LogP contribution in [0.5, 0.6) is 0 Å². The zero-order valence-electron chi connectivity index (χ0n) is 15.7. The highest BCUT2D eigenvalue weighted by molar-refractivity contribution is 14.0. The summed E-state index contributed by atoms with van der Waals surface area (Å²) in [4.78, 5) is 18.4. The molecule has 0 radical (unpaired) electrons. The molecule has 7 nitrogen and oxygen atoms in total. The van der Waals surface area contributed by atoms with Gasteiger partial charge in [-0.05, 0) is 46.6 Å². The molecule has 1 atom stereocenters. The Hall–Kier alpha value is -1.75. The standard InChI is InChI=1S/C19H24BrN5O2.HI/c1-21-19(23-10-9-22-18(26)17-7-4-12-27-17)24-14-8-11-25(13-14)16-6-3-2-5-15(16)20;/h2-7,12,14H,8-11,13H2,1H3,(H,22,26)(H2,21,23,24);1H. The van der Waals surface area contributed by atoms with Crippen LogP contribution in [-0.2, 0) is 0 Å². The van der Waals surface area contributed by atoms with Crippen molar-refractivity contribution in [3.63, 3.8) is 0 Å². The van der Waals surface area contributed by atoms with Crippen LogP contribution in [0.1, 0.15) is 17.0 Å². The van der Waals surface area contributed by atoms with E-state index in [4.69, 9.17) is 4.42 Å². The first-order valence-corrected chi connectivity index (χ1v) is 9.75. The van der Waals surface area contributed by atoms with E-state index in [1.165, 1.54) is 12.0 Å². The first-order chi connectivity index (χ1) is 13.2. The molecule has 9 heteroatoms. The van der Waals surface area contributed by atoms with Gasteiger partial charge in [0.2, 0.25) is 0 Å². The lowest BCUT2D eigenvalue weighted by molar-refractivity contribution is 0.0926. The normalized spacial score (nSPS) is 16.4. The summed E-state index contributed by atoms with van der Waals surface area (Å²) in [5.74, 6) is 0.835. The van der Waals surface area contributed by atoms with Crippen LogP contribution < -0.4 is 20.9 Å². The topological polar surface area (TPSA) is 81.9 Å². The lowest BCUT2D eigenvalue weighted by atomic mass is 10.3. The van der Waals surface area contributed by atoms with Crippen LogP contribution in [-0.4, -0.2) is 51.1 Å². The van der Waals surface area contributed by atoms with E-state index >= 15 is 0 Å². The molecule has 28 heavy (non-hydrogen) atoms. The van der Waals surface area contributed by atoms with Crippen molar-refractivity contribution in [2.75, 3.05) is 38.1 Å². The number of benzene rings is 1. The van der Waals surface area contributed by atoms with Crippen molar-refractivity contribution in [2.24, 2.45) is 4.99 Å². The van der Waals surface area contributed by atoms with Crippen molar-refractivity contribution in [3.8, 4) is 0 Å². The van der Waals surface area contributed by atoms with Crippen molar-refractivity contribution in [1.82, 2.24) is 16.0 Å². The number of nitrogens with one attached hydrogen (secondary N) is 3. The minimum absolute atomic E-state index is 0. The fourth-order valence-electron chi connectivity index (χ4n) is 3.04. The molecule has 152 valence electrons. The van der Waals surface area contributed by atoms with E-state index in [0.717, 1.165) is 29.9 Å². The molecule has 2 aromatic rings. The lowest BCUT2D eigenvalue weighted by Gasteiger charge is -2.21. The van der Waals surface area contributed by atoms with Crippen LogP contribution in [0.3, 0.4) is 0 Å². The Morgan fingerprint density at radius 2 is 2.04 bits per heavy atom. The minimum Gasteiger partial charge on any atom is -0.459 e. The van der Waals surface area contributed by atoms with Gasteiger partial charge in [-0.1, -0.05) is 12.1 Å². The van der Waals surface area contributed by atoms with Gasteiger partial charge in [0.15, 0.2) is 11.7 Å². The summed E-state index contributed by atoms with van der Waals surface area (Å²) in [6.07, 6.45) is 2.52. The first kappa shape index (κ1) is 22.5. The molecule has 1 aromatic heterocycles. The molecule has 1 aromatic carbocycles. The summed E-state index contributed by atoms with van der Waals surface area (Å²) in [7, 11) is 1.75. The summed E-state index contributed by atoms with van der Waals surface area (Å²) in [5.41, 5.74) is 1.21. The zero-order valence-corrected chi connectivity index (χ0v) is 19.6. The molecule has 3 N–H and O–H groups in total. The highest BCUT2D eigenvalue weighted by atomic mass is 127. The van der Waals surface area contributed by atoms with Gasteiger partial charge in [-0.15, -0.1) is 24.0 Å². The Kier molecular flexibility index (Phi) is 9.10. The summed E-state index contributed by atoms with van der Waals surface area (Å²) in [6.45, 7) is 2.97. The van der Waals surface area contributed by atoms with Crippen molar-refractivity contribution in [3.05, 3.63) is 52.9 Å². The number of amides is 1. The quantitative estimate of drug-likeness (QED) is 0.219. The molecule has 0 bridgehead atoms. The van der Waals surface area contributed by atoms with Crippen molar-refractivity contribution < 1.29 is 9.21 Å². The number of para-hydroxylation sites is 1. The van der Waals surface area contributed by atoms with E-state index in [2.05, 4.69) is 60.0 Å². The zero-order chi connectivity index (χ0) is 19.1. The van der Waals surface area contributed by atoms with Crippen molar-refractivity contribution >= 4 is 57.5 Å². The third-order valence-corrected chi connectivity index (χ3v) is 5.06. The van der Waals surface area contributed by atoms with Gasteiger partial charge in [0.25, 0.3) is 5.91 Å². The number of carbonyl (C=O) groups is 1. The number of furan rings is 1. The largest absolute Gasteiger partial charge is 0.459 e. The number of rotatable bonds is 6. The number of hydrogen-bond acceptors (Lipinski definition) is 4. The van der Waals surface area contributed by atoms with E-state index in [1.54, 1.807) is 19.2 Å². The molecule has 0 spiro atoms. The number of hydrogen-bond donors (Lipinski definition) is 3. The molecule has 0 aliphatic carbocycles. The number of nitrogens with zero attached hydrogens (tertiary/aromatic N) is 2. The van der Waals surface area contributed by atoms with Gasteiger partial charge in [0.05, 0.1) is 12.0 Å². The molecule has 0 saturated carbocycles. The van der Waals surface area contributed by atoms with Crippen LogP contribution in [0.25, 0.3) is 0 Å². The molecule has 1 fully saturated rings. The summed E-state index contributed by atoms with van der Waals surface area (Å²) in [5, 5.41) is 9.48. The second kappa shape index (κ2) is 11.3. The smallest absolute Gasteiger partial charge is 0.287 e. The second-order valence-corrected chi connectivity index (χ2v) is 7.11. The summed E-state index contributed by atoms with van der Waals surface area (Å²) in [6, 6.07) is 11.9. The van der Waals surface area contributed by atoms with Crippen molar-refractivity contribution in [1.29, 1.82) is 0 Å². The van der Waals surface area contributed by atoms with Gasteiger partial charge in [-0.3, -0.25) is 9.79 Å². The van der Waals surface area contributed by atoms with Gasteiger partial charge in [-0.2, -0.15) is 0 Å². The average molecular weight is 562 g/mol. The molecule has 1 aliphatic rings. The predicted molar refractivity (Wildman–Crippen MR) is 126 cm³/mol. The third kappa shape index (κ3) is 6.13. The van der Waals surface area contributed by atoms with E-state index in [-0.39, 0.29) is 29.9 Å². The molecule has 2 heterocycles. The number of guanidine groups is 1. The summed E-state index contributed by atoms with van der Waals surface area (Å²) >= 11 is 3.62. The van der Waals surface area contributed by atoms with Crippen LogP contribution in [0.2, 0.25) is 0 Å². The minimum atomic E-state index is -0.218. The van der Waals surface area contributed by atoms with Gasteiger partial charge in [0.1, 0.15) is 0 Å². The van der Waals surface area contributed by atoms with Gasteiger partial charge in [-0.25, -0.2) is 0 Å². The Morgan fingerprint density at radius 1 is 1.25 bits per heavy atom. The number of carbonyl (C=O) groups excluding carboxylic acids is 1. The molecule has 1 saturated heterocycles. The van der Waals surface area contributed by atoms with Crippen LogP contribution in [0.4, 0.5) is 5.69 Å². The number of anilines is 1. The SMILES string of the molecule is CN=C(NCCNC(=O)c1ccco1)NC1CCN(c2ccccc2Br)C1.I. The highest BCUT2D eigenvalue weighted by Gasteiger charge is 2.24. The molecule has 1 amide bonds. The Balaban J connectivity index is 0.00000280. The summed E-state index contributed by atoms with van der Waals surface area (Å²) < 4.78 is 6.17.